The maximum Gasteiger partial charge on any atom is 0.399 e. The smallest absolute Gasteiger partial charge is 0.399 e. The third-order valence-electron chi connectivity index (χ3n) is 3.61. The van der Waals surface area contributed by atoms with E-state index in [1.807, 2.05) is 6.07 Å². The van der Waals surface area contributed by atoms with Crippen molar-refractivity contribution in [3.05, 3.63) is 41.3 Å². The standard InChI is InChI=1S/C16H20N2O2/c1-2-17-10-14-11-19-16(18-14)20-15-8-7-12-5-3-4-6-13(12)9-15/h7-9,11,17H,2-6,10H2,1H3. The van der Waals surface area contributed by atoms with E-state index in [0.29, 0.717) is 12.6 Å². The highest BCUT2D eigenvalue weighted by Gasteiger charge is 2.11. The zero-order valence-corrected chi connectivity index (χ0v) is 11.8. The number of hydrogen-bond acceptors (Lipinski definition) is 4. The van der Waals surface area contributed by atoms with Gasteiger partial charge in [-0.05, 0) is 55.5 Å². The van der Waals surface area contributed by atoms with Crippen LogP contribution >= 0.6 is 0 Å². The fourth-order valence-electron chi connectivity index (χ4n) is 2.54. The third kappa shape index (κ3) is 3.02. The van der Waals surface area contributed by atoms with Crippen molar-refractivity contribution in [2.75, 3.05) is 6.54 Å². The van der Waals surface area contributed by atoms with Crippen LogP contribution in [-0.4, -0.2) is 11.5 Å². The Bertz CT molecular complexity index is 578. The van der Waals surface area contributed by atoms with Crippen molar-refractivity contribution < 1.29 is 9.15 Å². The Morgan fingerprint density at radius 3 is 2.95 bits per heavy atom. The van der Waals surface area contributed by atoms with Gasteiger partial charge in [-0.1, -0.05) is 13.0 Å². The highest BCUT2D eigenvalue weighted by Crippen LogP contribution is 2.28. The molecule has 0 saturated carbocycles. The number of nitrogens with zero attached hydrogens (tertiary/aromatic N) is 1. The molecule has 0 radical (unpaired) electrons. The van der Waals surface area contributed by atoms with Crippen molar-refractivity contribution in [2.24, 2.45) is 0 Å². The minimum Gasteiger partial charge on any atom is -0.417 e. The van der Waals surface area contributed by atoms with E-state index in [2.05, 4.69) is 29.4 Å². The maximum absolute atomic E-state index is 5.70. The summed E-state index contributed by atoms with van der Waals surface area (Å²) in [5.41, 5.74) is 3.71. The molecule has 1 heterocycles. The van der Waals surface area contributed by atoms with E-state index in [0.717, 1.165) is 24.4 Å². The van der Waals surface area contributed by atoms with Crippen LogP contribution in [0, 0.1) is 0 Å². The van der Waals surface area contributed by atoms with Crippen LogP contribution in [-0.2, 0) is 19.4 Å². The molecule has 0 bridgehead atoms. The molecular weight excluding hydrogens is 252 g/mol. The van der Waals surface area contributed by atoms with Gasteiger partial charge in [0.25, 0.3) is 0 Å². The summed E-state index contributed by atoms with van der Waals surface area (Å²) >= 11 is 0. The van der Waals surface area contributed by atoms with Crippen molar-refractivity contribution >= 4 is 0 Å². The molecule has 0 atom stereocenters. The largest absolute Gasteiger partial charge is 0.417 e. The zero-order valence-electron chi connectivity index (χ0n) is 11.8. The van der Waals surface area contributed by atoms with Gasteiger partial charge in [0.2, 0.25) is 0 Å². The molecule has 0 unspecified atom stereocenters. The Balaban J connectivity index is 1.69. The number of fused-ring (bicyclic) bond motifs is 1. The van der Waals surface area contributed by atoms with Gasteiger partial charge in [-0.2, -0.15) is 4.98 Å². The second-order valence-corrected chi connectivity index (χ2v) is 5.12. The molecular formula is C16H20N2O2. The lowest BCUT2D eigenvalue weighted by Gasteiger charge is -2.15. The van der Waals surface area contributed by atoms with Crippen LogP contribution in [0.4, 0.5) is 0 Å². The van der Waals surface area contributed by atoms with Gasteiger partial charge >= 0.3 is 6.08 Å². The number of aryl methyl sites for hydroxylation is 2. The fraction of sp³-hybridized carbons (Fsp3) is 0.438. The Morgan fingerprint density at radius 2 is 2.10 bits per heavy atom. The van der Waals surface area contributed by atoms with Gasteiger partial charge in [0.1, 0.15) is 12.0 Å². The molecule has 4 nitrogen and oxygen atoms in total. The molecule has 106 valence electrons. The SMILES string of the molecule is CCNCc1coc(Oc2ccc3c(c2)CCCC3)n1. The van der Waals surface area contributed by atoms with Gasteiger partial charge in [-0.3, -0.25) is 0 Å². The summed E-state index contributed by atoms with van der Waals surface area (Å²) in [6.45, 7) is 3.67. The van der Waals surface area contributed by atoms with Gasteiger partial charge in [0.05, 0.1) is 5.69 Å². The van der Waals surface area contributed by atoms with Gasteiger partial charge in [-0.25, -0.2) is 0 Å². The van der Waals surface area contributed by atoms with Crippen LogP contribution in [0.5, 0.6) is 11.8 Å². The summed E-state index contributed by atoms with van der Waals surface area (Å²) in [7, 11) is 0. The quantitative estimate of drug-likeness (QED) is 0.905. The number of rotatable bonds is 5. The van der Waals surface area contributed by atoms with Crippen LogP contribution in [0.15, 0.2) is 28.9 Å². The summed E-state index contributed by atoms with van der Waals surface area (Å²) in [5.74, 6) is 0.808. The molecule has 4 heteroatoms. The van der Waals surface area contributed by atoms with Crippen molar-refractivity contribution in [1.82, 2.24) is 10.3 Å². The highest BCUT2D eigenvalue weighted by atomic mass is 16.6. The van der Waals surface area contributed by atoms with Gasteiger partial charge in [0.15, 0.2) is 0 Å². The van der Waals surface area contributed by atoms with Gasteiger partial charge in [-0.15, -0.1) is 0 Å². The highest BCUT2D eigenvalue weighted by molar-refractivity contribution is 5.37. The summed E-state index contributed by atoms with van der Waals surface area (Å²) in [6.07, 6.45) is 6.83. The molecule has 1 aromatic carbocycles. The second-order valence-electron chi connectivity index (χ2n) is 5.12. The van der Waals surface area contributed by atoms with Gasteiger partial charge in [0, 0.05) is 6.54 Å². The molecule has 0 spiro atoms. The van der Waals surface area contributed by atoms with Crippen molar-refractivity contribution in [3.8, 4) is 11.8 Å². The van der Waals surface area contributed by atoms with Crippen LogP contribution in [0.25, 0.3) is 0 Å². The number of nitrogens with one attached hydrogen (secondary N) is 1. The van der Waals surface area contributed by atoms with E-state index in [1.165, 1.54) is 30.4 Å². The normalized spacial score (nSPS) is 14.1. The van der Waals surface area contributed by atoms with E-state index in [-0.39, 0.29) is 0 Å². The van der Waals surface area contributed by atoms with E-state index < -0.39 is 0 Å². The lowest BCUT2D eigenvalue weighted by molar-refractivity contribution is 0.330. The third-order valence-corrected chi connectivity index (χ3v) is 3.61. The zero-order chi connectivity index (χ0) is 13.8. The molecule has 1 aromatic heterocycles. The lowest BCUT2D eigenvalue weighted by atomic mass is 9.92. The molecule has 1 aliphatic carbocycles. The minimum absolute atomic E-state index is 0.314. The first-order chi connectivity index (χ1) is 9.85. The Hall–Kier alpha value is -1.81. The van der Waals surface area contributed by atoms with Crippen LogP contribution in [0.1, 0.15) is 36.6 Å². The number of aromatic nitrogens is 1. The van der Waals surface area contributed by atoms with E-state index >= 15 is 0 Å². The molecule has 1 aliphatic rings. The molecule has 0 fully saturated rings. The van der Waals surface area contributed by atoms with E-state index in [9.17, 15) is 0 Å². The minimum atomic E-state index is 0.314. The molecule has 0 amide bonds. The molecule has 3 rings (SSSR count). The summed E-state index contributed by atoms with van der Waals surface area (Å²) in [4.78, 5) is 4.30. The van der Waals surface area contributed by atoms with E-state index in [4.69, 9.17) is 9.15 Å². The Kier molecular flexibility index (Phi) is 4.02. The Morgan fingerprint density at radius 1 is 1.25 bits per heavy atom. The maximum atomic E-state index is 5.70. The van der Waals surface area contributed by atoms with Gasteiger partial charge < -0.3 is 14.5 Å². The first-order valence-electron chi connectivity index (χ1n) is 7.30. The second kappa shape index (κ2) is 6.09. The average Bonchev–Trinajstić information content (AvgIpc) is 2.92. The molecule has 2 aromatic rings. The summed E-state index contributed by atoms with van der Waals surface area (Å²) in [5, 5.41) is 3.20. The summed E-state index contributed by atoms with van der Waals surface area (Å²) in [6, 6.07) is 6.27. The summed E-state index contributed by atoms with van der Waals surface area (Å²) < 4.78 is 11.0. The van der Waals surface area contributed by atoms with E-state index in [1.54, 1.807) is 6.26 Å². The number of hydrogen-bond donors (Lipinski definition) is 1. The van der Waals surface area contributed by atoms with Crippen LogP contribution in [0.2, 0.25) is 0 Å². The topological polar surface area (TPSA) is 47.3 Å². The predicted molar refractivity (Wildman–Crippen MR) is 77.0 cm³/mol. The molecule has 20 heavy (non-hydrogen) atoms. The van der Waals surface area contributed by atoms with Crippen LogP contribution < -0.4 is 10.1 Å². The predicted octanol–water partition coefficient (Wildman–Crippen LogP) is 3.46. The first kappa shape index (κ1) is 13.2. The molecule has 0 saturated heterocycles. The monoisotopic (exact) mass is 272 g/mol. The average molecular weight is 272 g/mol. The first-order valence-corrected chi connectivity index (χ1v) is 7.30. The molecule has 1 N–H and O–H groups in total. The van der Waals surface area contributed by atoms with Crippen molar-refractivity contribution in [3.63, 3.8) is 0 Å². The van der Waals surface area contributed by atoms with Crippen molar-refractivity contribution in [2.45, 2.75) is 39.2 Å². The number of ether oxygens (including phenoxy) is 1. The fourth-order valence-corrected chi connectivity index (χ4v) is 2.54. The number of benzene rings is 1. The molecule has 0 aliphatic heterocycles. The van der Waals surface area contributed by atoms with Crippen LogP contribution in [0.3, 0.4) is 0 Å². The number of oxazole rings is 1. The Labute approximate surface area is 119 Å². The van der Waals surface area contributed by atoms with Crippen molar-refractivity contribution in [1.29, 1.82) is 0 Å². The lowest BCUT2D eigenvalue weighted by Crippen LogP contribution is -2.11.